The number of esters is 1. The number of nitrogens with one attached hydrogen (secondary N) is 1. The summed E-state index contributed by atoms with van der Waals surface area (Å²) in [4.78, 5) is 11.4. The zero-order valence-corrected chi connectivity index (χ0v) is 8.73. The molecular weight excluding hydrogens is 194 g/mol. The monoisotopic (exact) mass is 209 g/mol. The number of hydrogen-bond acceptors (Lipinski definition) is 4. The van der Waals surface area contributed by atoms with Crippen molar-refractivity contribution in [3.8, 4) is 0 Å². The number of ether oxygens (including phenoxy) is 1. The Labute approximate surface area is 88.6 Å². The Bertz CT molecular complexity index is 317. The quantitative estimate of drug-likeness (QED) is 0.743. The van der Waals surface area contributed by atoms with Gasteiger partial charge in [-0.15, -0.1) is 0 Å². The van der Waals surface area contributed by atoms with Crippen molar-refractivity contribution in [1.29, 1.82) is 0 Å². The molecule has 0 spiro atoms. The van der Waals surface area contributed by atoms with Gasteiger partial charge in [0.15, 0.2) is 0 Å². The van der Waals surface area contributed by atoms with Crippen molar-refractivity contribution in [1.82, 2.24) is 5.32 Å². The summed E-state index contributed by atoms with van der Waals surface area (Å²) in [5, 5.41) is 3.17. The van der Waals surface area contributed by atoms with E-state index in [0.717, 1.165) is 18.6 Å². The molecule has 0 radical (unpaired) electrons. The zero-order chi connectivity index (χ0) is 10.7. The van der Waals surface area contributed by atoms with Crippen LogP contribution < -0.4 is 5.32 Å². The second-order valence-electron chi connectivity index (χ2n) is 3.80. The van der Waals surface area contributed by atoms with E-state index < -0.39 is 0 Å². The summed E-state index contributed by atoms with van der Waals surface area (Å²) < 4.78 is 9.93. The Morgan fingerprint density at radius 3 is 3.07 bits per heavy atom. The van der Waals surface area contributed by atoms with E-state index in [0.29, 0.717) is 12.5 Å². The van der Waals surface area contributed by atoms with Crippen molar-refractivity contribution in [3.05, 3.63) is 24.2 Å². The van der Waals surface area contributed by atoms with Gasteiger partial charge < -0.3 is 9.15 Å². The predicted molar refractivity (Wildman–Crippen MR) is 54.1 cm³/mol. The van der Waals surface area contributed by atoms with Crippen LogP contribution in [0, 0.1) is 5.92 Å². The molecule has 1 unspecified atom stereocenters. The normalized spacial score (nSPS) is 17.4. The van der Waals surface area contributed by atoms with Gasteiger partial charge in [0.1, 0.15) is 11.8 Å². The highest BCUT2D eigenvalue weighted by atomic mass is 16.5. The van der Waals surface area contributed by atoms with Crippen LogP contribution in [0.1, 0.15) is 18.6 Å². The molecule has 1 aliphatic rings. The molecule has 1 saturated carbocycles. The molecule has 4 nitrogen and oxygen atoms in total. The molecule has 0 bridgehead atoms. The maximum absolute atomic E-state index is 11.4. The number of methoxy groups -OCH3 is 1. The highest BCUT2D eigenvalue weighted by Crippen LogP contribution is 2.33. The molecule has 0 aliphatic heterocycles. The first-order valence-electron chi connectivity index (χ1n) is 5.15. The van der Waals surface area contributed by atoms with E-state index in [1.807, 2.05) is 12.1 Å². The number of carbonyl (C=O) groups excluding carboxylic acids is 1. The first kappa shape index (κ1) is 10.2. The van der Waals surface area contributed by atoms with Crippen LogP contribution in [-0.2, 0) is 16.1 Å². The van der Waals surface area contributed by atoms with Crippen LogP contribution in [0.4, 0.5) is 0 Å². The van der Waals surface area contributed by atoms with Gasteiger partial charge in [-0.2, -0.15) is 0 Å². The third kappa shape index (κ3) is 2.59. The van der Waals surface area contributed by atoms with Crippen molar-refractivity contribution in [3.63, 3.8) is 0 Å². The van der Waals surface area contributed by atoms with E-state index in [1.165, 1.54) is 7.11 Å². The van der Waals surface area contributed by atoms with Gasteiger partial charge in [0, 0.05) is 0 Å². The fourth-order valence-electron chi connectivity index (χ4n) is 1.62. The number of rotatable bonds is 5. The molecule has 1 aliphatic carbocycles. The summed E-state index contributed by atoms with van der Waals surface area (Å²) >= 11 is 0. The van der Waals surface area contributed by atoms with Crippen LogP contribution in [0.15, 0.2) is 22.8 Å². The number of carbonyl (C=O) groups is 1. The summed E-state index contributed by atoms with van der Waals surface area (Å²) in [5.74, 6) is 1.10. The molecule has 1 heterocycles. The van der Waals surface area contributed by atoms with Gasteiger partial charge in [0.05, 0.1) is 19.9 Å². The minimum absolute atomic E-state index is 0.177. The SMILES string of the molecule is COC(=O)C(NCc1ccco1)C1CC1. The predicted octanol–water partition coefficient (Wildman–Crippen LogP) is 1.32. The van der Waals surface area contributed by atoms with Gasteiger partial charge in [-0.05, 0) is 30.9 Å². The lowest BCUT2D eigenvalue weighted by Gasteiger charge is -2.14. The van der Waals surface area contributed by atoms with Crippen LogP contribution in [0.3, 0.4) is 0 Å². The Balaban J connectivity index is 1.87. The largest absolute Gasteiger partial charge is 0.468 e. The Hall–Kier alpha value is -1.29. The molecule has 1 atom stereocenters. The minimum atomic E-state index is -0.180. The van der Waals surface area contributed by atoms with Gasteiger partial charge >= 0.3 is 5.97 Å². The maximum atomic E-state index is 11.4. The Morgan fingerprint density at radius 2 is 2.53 bits per heavy atom. The molecule has 82 valence electrons. The molecule has 1 aromatic heterocycles. The van der Waals surface area contributed by atoms with E-state index in [1.54, 1.807) is 6.26 Å². The molecule has 2 rings (SSSR count). The number of hydrogen-bond donors (Lipinski definition) is 1. The van der Waals surface area contributed by atoms with Crippen molar-refractivity contribution < 1.29 is 13.9 Å². The lowest BCUT2D eigenvalue weighted by Crippen LogP contribution is -2.38. The van der Waals surface area contributed by atoms with Crippen LogP contribution >= 0.6 is 0 Å². The van der Waals surface area contributed by atoms with Crippen LogP contribution in [0.5, 0.6) is 0 Å². The summed E-state index contributed by atoms with van der Waals surface area (Å²) in [6.07, 6.45) is 3.83. The first-order chi connectivity index (χ1) is 7.31. The van der Waals surface area contributed by atoms with Gasteiger partial charge in [-0.1, -0.05) is 0 Å². The Kier molecular flexibility index (Phi) is 3.06. The van der Waals surface area contributed by atoms with Gasteiger partial charge in [-0.25, -0.2) is 0 Å². The highest BCUT2D eigenvalue weighted by molar-refractivity contribution is 5.76. The van der Waals surface area contributed by atoms with Crippen molar-refractivity contribution in [2.75, 3.05) is 7.11 Å². The van der Waals surface area contributed by atoms with E-state index in [9.17, 15) is 4.79 Å². The van der Waals surface area contributed by atoms with E-state index in [-0.39, 0.29) is 12.0 Å². The van der Waals surface area contributed by atoms with E-state index in [2.05, 4.69) is 5.32 Å². The standard InChI is InChI=1S/C11H15NO3/c1-14-11(13)10(8-4-5-8)12-7-9-3-2-6-15-9/h2-3,6,8,10,12H,4-5,7H2,1H3. The third-order valence-corrected chi connectivity index (χ3v) is 2.62. The molecule has 15 heavy (non-hydrogen) atoms. The molecule has 1 fully saturated rings. The van der Waals surface area contributed by atoms with Crippen LogP contribution in [-0.4, -0.2) is 19.1 Å². The molecule has 4 heteroatoms. The van der Waals surface area contributed by atoms with Gasteiger partial charge in [0.25, 0.3) is 0 Å². The lowest BCUT2D eigenvalue weighted by atomic mass is 10.2. The van der Waals surface area contributed by atoms with Crippen molar-refractivity contribution >= 4 is 5.97 Å². The smallest absolute Gasteiger partial charge is 0.323 e. The number of furan rings is 1. The average molecular weight is 209 g/mol. The van der Waals surface area contributed by atoms with E-state index in [4.69, 9.17) is 9.15 Å². The molecule has 0 aromatic carbocycles. The van der Waals surface area contributed by atoms with Gasteiger partial charge in [0.2, 0.25) is 0 Å². The minimum Gasteiger partial charge on any atom is -0.468 e. The molecule has 0 amide bonds. The summed E-state index contributed by atoms with van der Waals surface area (Å²) in [5.41, 5.74) is 0. The van der Waals surface area contributed by atoms with Crippen LogP contribution in [0.2, 0.25) is 0 Å². The van der Waals surface area contributed by atoms with Crippen molar-refractivity contribution in [2.24, 2.45) is 5.92 Å². The molecule has 1 aromatic rings. The topological polar surface area (TPSA) is 51.5 Å². The third-order valence-electron chi connectivity index (χ3n) is 2.62. The van der Waals surface area contributed by atoms with Gasteiger partial charge in [-0.3, -0.25) is 10.1 Å². The first-order valence-corrected chi connectivity index (χ1v) is 5.15. The highest BCUT2D eigenvalue weighted by Gasteiger charge is 2.36. The Morgan fingerprint density at radius 1 is 1.73 bits per heavy atom. The lowest BCUT2D eigenvalue weighted by molar-refractivity contribution is -0.143. The fourth-order valence-corrected chi connectivity index (χ4v) is 1.62. The maximum Gasteiger partial charge on any atom is 0.323 e. The molecule has 0 saturated heterocycles. The van der Waals surface area contributed by atoms with Crippen molar-refractivity contribution in [2.45, 2.75) is 25.4 Å². The average Bonchev–Trinajstić information content (AvgIpc) is 2.95. The summed E-state index contributed by atoms with van der Waals surface area (Å²) in [6, 6.07) is 3.54. The zero-order valence-electron chi connectivity index (χ0n) is 8.73. The summed E-state index contributed by atoms with van der Waals surface area (Å²) in [7, 11) is 1.42. The molecule has 1 N–H and O–H groups in total. The van der Waals surface area contributed by atoms with E-state index >= 15 is 0 Å². The summed E-state index contributed by atoms with van der Waals surface area (Å²) in [6.45, 7) is 0.573. The molecular formula is C11H15NO3. The second kappa shape index (κ2) is 4.49. The fraction of sp³-hybridized carbons (Fsp3) is 0.545. The second-order valence-corrected chi connectivity index (χ2v) is 3.80. The van der Waals surface area contributed by atoms with Crippen LogP contribution in [0.25, 0.3) is 0 Å².